The first-order valence-corrected chi connectivity index (χ1v) is 14.3. The number of nitrogens with zero attached hydrogens (tertiary/aromatic N) is 6. The molecule has 43 heavy (non-hydrogen) atoms. The molecule has 5 rings (SSSR count). The van der Waals surface area contributed by atoms with Crippen molar-refractivity contribution < 1.29 is 24.1 Å². The van der Waals surface area contributed by atoms with E-state index in [1.165, 1.54) is 10.6 Å². The van der Waals surface area contributed by atoms with Gasteiger partial charge in [0.15, 0.2) is 18.1 Å². The zero-order valence-corrected chi connectivity index (χ0v) is 24.2. The van der Waals surface area contributed by atoms with Crippen LogP contribution in [0.3, 0.4) is 0 Å². The van der Waals surface area contributed by atoms with Gasteiger partial charge in [-0.2, -0.15) is 5.26 Å². The van der Waals surface area contributed by atoms with Crippen LogP contribution in [0.1, 0.15) is 18.9 Å². The van der Waals surface area contributed by atoms with Gasteiger partial charge in [-0.1, -0.05) is 0 Å². The maximum absolute atomic E-state index is 14.9. The Labute approximate surface area is 250 Å². The average Bonchev–Trinajstić information content (AvgIpc) is 3.02. The number of nitrogens with one attached hydrogen (secondary N) is 1. The molecule has 2 aromatic carbocycles. The number of aliphatic hydroxyl groups excluding tert-OH is 2. The predicted octanol–water partition coefficient (Wildman–Crippen LogP) is 2.57. The van der Waals surface area contributed by atoms with Crippen molar-refractivity contribution in [2.24, 2.45) is 0 Å². The Morgan fingerprint density at radius 3 is 2.67 bits per heavy atom. The molecule has 11 nitrogen and oxygen atoms in total. The van der Waals surface area contributed by atoms with E-state index >= 15 is 0 Å². The maximum Gasteiger partial charge on any atom is 0.253 e. The molecule has 0 unspecified atom stereocenters. The summed E-state index contributed by atoms with van der Waals surface area (Å²) in [5.41, 5.74) is 2.87. The Hall–Kier alpha value is -4.31. The summed E-state index contributed by atoms with van der Waals surface area (Å²) in [6, 6.07) is 17.5. The van der Waals surface area contributed by atoms with Gasteiger partial charge < -0.3 is 35.0 Å². The first-order valence-electron chi connectivity index (χ1n) is 14.3. The number of aliphatic hydroxyl groups is 2. The lowest BCUT2D eigenvalue weighted by Crippen LogP contribution is -2.52. The molecule has 0 spiro atoms. The number of carbonyl (C=O) groups is 1. The lowest BCUT2D eigenvalue weighted by atomic mass is 10.0. The summed E-state index contributed by atoms with van der Waals surface area (Å²) in [6.07, 6.45) is -2.17. The van der Waals surface area contributed by atoms with Gasteiger partial charge in [-0.3, -0.25) is 4.79 Å². The number of amides is 1. The highest BCUT2D eigenvalue weighted by Gasteiger charge is 2.35. The lowest BCUT2D eigenvalue weighted by Gasteiger charge is -2.39. The van der Waals surface area contributed by atoms with Crippen molar-refractivity contribution in [3.63, 3.8) is 0 Å². The molecule has 3 aromatic rings. The molecule has 0 radical (unpaired) electrons. The molecule has 2 aliphatic rings. The number of rotatable bonds is 8. The SMILES string of the molecule is C[C@H]1CN(C)CCN1c1ccc(Nc2ccnc(-c3ccc(O[C@H]4CCN(C(=O)[C@@H](O)CO)C[C@H]4F)c(C#N)c3)n2)cc1. The molecule has 2 fully saturated rings. The van der Waals surface area contributed by atoms with Gasteiger partial charge in [-0.05, 0) is 62.5 Å². The van der Waals surface area contributed by atoms with Crippen LogP contribution in [0.15, 0.2) is 54.7 Å². The summed E-state index contributed by atoms with van der Waals surface area (Å²) >= 11 is 0. The number of piperidine rings is 1. The molecule has 1 amide bonds. The zero-order chi connectivity index (χ0) is 30.5. The number of nitriles is 1. The molecule has 0 aliphatic carbocycles. The Morgan fingerprint density at radius 2 is 1.98 bits per heavy atom. The number of halogens is 1. The fourth-order valence-corrected chi connectivity index (χ4v) is 5.50. The lowest BCUT2D eigenvalue weighted by molar-refractivity contribution is -0.146. The fraction of sp³-hybridized carbons (Fsp3) is 0.419. The molecular formula is C31H36FN7O4. The van der Waals surface area contributed by atoms with Gasteiger partial charge in [-0.15, -0.1) is 0 Å². The number of aromatic nitrogens is 2. The van der Waals surface area contributed by atoms with Crippen LogP contribution in [0.2, 0.25) is 0 Å². The van der Waals surface area contributed by atoms with E-state index in [0.717, 1.165) is 25.3 Å². The third-order valence-electron chi connectivity index (χ3n) is 7.85. The van der Waals surface area contributed by atoms with Gasteiger partial charge in [0.25, 0.3) is 5.91 Å². The van der Waals surface area contributed by atoms with Crippen LogP contribution in [0.5, 0.6) is 5.75 Å². The Balaban J connectivity index is 1.24. The molecule has 12 heteroatoms. The molecule has 3 heterocycles. The number of anilines is 3. The van der Waals surface area contributed by atoms with Crippen molar-refractivity contribution in [1.82, 2.24) is 19.8 Å². The summed E-state index contributed by atoms with van der Waals surface area (Å²) in [6.45, 7) is 4.44. The molecule has 4 atom stereocenters. The standard InChI is InChI=1S/C31H36FN7O4/c1-20-17-37(2)13-14-39(20)24-6-4-23(5-7-24)35-29-9-11-34-30(36-29)21-3-8-27(22(15-21)16-33)43-28-10-12-38(18-25(28)32)31(42)26(41)19-40/h3-9,11,15,20,25-26,28,40-41H,10,12-14,17-19H2,1-2H3,(H,34,35,36)/t20-,25+,26-,28-/m0/s1. The third-order valence-corrected chi connectivity index (χ3v) is 7.85. The molecule has 0 saturated carbocycles. The highest BCUT2D eigenvalue weighted by molar-refractivity contribution is 5.81. The topological polar surface area (TPSA) is 138 Å². The van der Waals surface area contributed by atoms with E-state index < -0.39 is 30.9 Å². The van der Waals surface area contributed by atoms with Crippen LogP contribution >= 0.6 is 0 Å². The van der Waals surface area contributed by atoms with Crippen LogP contribution in [0, 0.1) is 11.3 Å². The number of likely N-dealkylation sites (tertiary alicyclic amines) is 1. The van der Waals surface area contributed by atoms with Crippen molar-refractivity contribution in [1.29, 1.82) is 5.26 Å². The second-order valence-corrected chi connectivity index (χ2v) is 11.0. The Morgan fingerprint density at radius 1 is 1.19 bits per heavy atom. The Kier molecular flexibility index (Phi) is 9.35. The van der Waals surface area contributed by atoms with E-state index in [0.29, 0.717) is 23.2 Å². The van der Waals surface area contributed by atoms with E-state index in [-0.39, 0.29) is 30.8 Å². The number of hydrogen-bond acceptors (Lipinski definition) is 10. The monoisotopic (exact) mass is 589 g/mol. The number of carbonyl (C=O) groups excluding carboxylic acids is 1. The maximum atomic E-state index is 14.9. The normalized spacial score (nSPS) is 21.6. The second kappa shape index (κ2) is 13.3. The van der Waals surface area contributed by atoms with Gasteiger partial charge in [0.1, 0.15) is 23.7 Å². The van der Waals surface area contributed by atoms with Gasteiger partial charge >= 0.3 is 0 Å². The van der Waals surface area contributed by atoms with E-state index in [1.54, 1.807) is 30.5 Å². The smallest absolute Gasteiger partial charge is 0.253 e. The minimum absolute atomic E-state index is 0.159. The van der Waals surface area contributed by atoms with Gasteiger partial charge in [0, 0.05) is 61.8 Å². The van der Waals surface area contributed by atoms with Crippen LogP contribution < -0.4 is 15.0 Å². The van der Waals surface area contributed by atoms with E-state index in [4.69, 9.17) is 9.84 Å². The minimum atomic E-state index is -1.57. The highest BCUT2D eigenvalue weighted by Crippen LogP contribution is 2.29. The molecule has 0 bridgehead atoms. The van der Waals surface area contributed by atoms with Crippen molar-refractivity contribution in [3.8, 4) is 23.2 Å². The van der Waals surface area contributed by atoms with Crippen molar-refractivity contribution in [3.05, 3.63) is 60.3 Å². The molecular weight excluding hydrogens is 553 g/mol. The Bertz CT molecular complexity index is 1470. The van der Waals surface area contributed by atoms with Crippen LogP contribution in [-0.4, -0.2) is 107 Å². The first-order chi connectivity index (χ1) is 20.7. The molecule has 1 aromatic heterocycles. The van der Waals surface area contributed by atoms with Crippen molar-refractivity contribution in [2.45, 2.75) is 37.8 Å². The quantitative estimate of drug-likeness (QED) is 0.359. The van der Waals surface area contributed by atoms with Gasteiger partial charge in [0.2, 0.25) is 0 Å². The number of alkyl halides is 1. The van der Waals surface area contributed by atoms with Crippen LogP contribution in [0.4, 0.5) is 21.6 Å². The second-order valence-electron chi connectivity index (χ2n) is 11.0. The van der Waals surface area contributed by atoms with E-state index in [2.05, 4.69) is 57.3 Å². The van der Waals surface area contributed by atoms with Crippen molar-refractivity contribution >= 4 is 23.1 Å². The van der Waals surface area contributed by atoms with Gasteiger partial charge in [0.05, 0.1) is 18.7 Å². The number of ether oxygens (including phenoxy) is 1. The number of benzene rings is 2. The molecule has 2 aliphatic heterocycles. The number of likely N-dealkylation sites (N-methyl/N-ethyl adjacent to an activating group) is 1. The summed E-state index contributed by atoms with van der Waals surface area (Å²) in [5, 5.41) is 31.7. The fourth-order valence-electron chi connectivity index (χ4n) is 5.50. The minimum Gasteiger partial charge on any atom is -0.486 e. The molecule has 226 valence electrons. The molecule has 3 N–H and O–H groups in total. The summed E-state index contributed by atoms with van der Waals surface area (Å²) in [7, 11) is 2.15. The summed E-state index contributed by atoms with van der Waals surface area (Å²) in [5.74, 6) is 0.504. The van der Waals surface area contributed by atoms with Gasteiger partial charge in [-0.25, -0.2) is 14.4 Å². The summed E-state index contributed by atoms with van der Waals surface area (Å²) in [4.78, 5) is 27.0. The van der Waals surface area contributed by atoms with E-state index in [9.17, 15) is 19.6 Å². The zero-order valence-electron chi connectivity index (χ0n) is 24.2. The first kappa shape index (κ1) is 30.2. The average molecular weight is 590 g/mol. The third kappa shape index (κ3) is 7.02. The predicted molar refractivity (Wildman–Crippen MR) is 160 cm³/mol. The molecule has 2 saturated heterocycles. The largest absolute Gasteiger partial charge is 0.486 e. The van der Waals surface area contributed by atoms with Crippen LogP contribution in [0.25, 0.3) is 11.4 Å². The van der Waals surface area contributed by atoms with Crippen molar-refractivity contribution in [2.75, 3.05) is 56.6 Å². The summed E-state index contributed by atoms with van der Waals surface area (Å²) < 4.78 is 20.7. The number of hydrogen-bond donors (Lipinski definition) is 3. The number of piperazine rings is 1. The van der Waals surface area contributed by atoms with E-state index in [1.807, 2.05) is 12.1 Å². The van der Waals surface area contributed by atoms with Crippen LogP contribution in [-0.2, 0) is 4.79 Å². The highest BCUT2D eigenvalue weighted by atomic mass is 19.1.